The molecule has 0 aromatic heterocycles. The number of hydrogen-bond donors (Lipinski definition) is 0. The third kappa shape index (κ3) is 3.94. The monoisotopic (exact) mass is 300 g/mol. The number of benzene rings is 2. The van der Waals surface area contributed by atoms with Crippen molar-refractivity contribution >= 4 is 0 Å². The van der Waals surface area contributed by atoms with Crippen LogP contribution in [0.15, 0.2) is 36.4 Å². The van der Waals surface area contributed by atoms with Crippen LogP contribution < -0.4 is 14.2 Å². The molecule has 0 spiro atoms. The fraction of sp³-hybridized carbons (Fsp3) is 0.368. The van der Waals surface area contributed by atoms with Crippen LogP contribution in [0, 0.1) is 6.92 Å². The second-order valence-electron chi connectivity index (χ2n) is 5.32. The summed E-state index contributed by atoms with van der Waals surface area (Å²) in [7, 11) is 3.37. The van der Waals surface area contributed by atoms with Crippen molar-refractivity contribution < 1.29 is 14.2 Å². The number of hydrogen-bond acceptors (Lipinski definition) is 3. The van der Waals surface area contributed by atoms with Crippen molar-refractivity contribution in [1.82, 2.24) is 0 Å². The molecule has 0 unspecified atom stereocenters. The van der Waals surface area contributed by atoms with E-state index in [1.807, 2.05) is 30.3 Å². The Morgan fingerprint density at radius 3 is 2.23 bits per heavy atom. The Bertz CT molecular complexity index is 603. The van der Waals surface area contributed by atoms with E-state index in [1.165, 1.54) is 5.56 Å². The number of aryl methyl sites for hydroxylation is 2. The molecule has 2 aromatic carbocycles. The molecule has 0 aliphatic rings. The van der Waals surface area contributed by atoms with E-state index in [1.54, 1.807) is 14.2 Å². The molecule has 0 aliphatic heterocycles. The average Bonchev–Trinajstić information content (AvgIpc) is 2.55. The largest absolute Gasteiger partial charge is 0.497 e. The van der Waals surface area contributed by atoms with E-state index >= 15 is 0 Å². The van der Waals surface area contributed by atoms with Gasteiger partial charge in [0, 0.05) is 6.07 Å². The third-order valence-corrected chi connectivity index (χ3v) is 3.65. The highest BCUT2D eigenvalue weighted by Crippen LogP contribution is 2.30. The van der Waals surface area contributed by atoms with E-state index in [9.17, 15) is 0 Å². The van der Waals surface area contributed by atoms with E-state index in [0.717, 1.165) is 41.2 Å². The van der Waals surface area contributed by atoms with E-state index in [-0.39, 0.29) is 0 Å². The summed E-state index contributed by atoms with van der Waals surface area (Å²) in [5.74, 6) is 2.62. The highest BCUT2D eigenvalue weighted by Gasteiger charge is 2.09. The van der Waals surface area contributed by atoms with E-state index in [0.29, 0.717) is 6.61 Å². The minimum atomic E-state index is 0.529. The molecule has 0 N–H and O–H groups in total. The van der Waals surface area contributed by atoms with Crippen molar-refractivity contribution in [3.63, 3.8) is 0 Å². The Labute approximate surface area is 132 Å². The van der Waals surface area contributed by atoms with Gasteiger partial charge in [0.2, 0.25) is 0 Å². The van der Waals surface area contributed by atoms with Crippen molar-refractivity contribution in [1.29, 1.82) is 0 Å². The first kappa shape index (κ1) is 16.2. The van der Waals surface area contributed by atoms with Gasteiger partial charge in [0.05, 0.1) is 14.2 Å². The summed E-state index contributed by atoms with van der Waals surface area (Å²) in [5, 5.41) is 0. The predicted octanol–water partition coefficient (Wildman–Crippen LogP) is 4.54. The van der Waals surface area contributed by atoms with Gasteiger partial charge in [-0.1, -0.05) is 25.5 Å². The van der Waals surface area contributed by atoms with Crippen molar-refractivity contribution in [3.8, 4) is 17.2 Å². The summed E-state index contributed by atoms with van der Waals surface area (Å²) in [6.45, 7) is 4.77. The normalized spacial score (nSPS) is 10.4. The zero-order valence-electron chi connectivity index (χ0n) is 13.8. The lowest BCUT2D eigenvalue weighted by atomic mass is 10.1. The van der Waals surface area contributed by atoms with Crippen LogP contribution in [0.5, 0.6) is 17.2 Å². The molecular formula is C19H24O3. The minimum Gasteiger partial charge on any atom is -0.497 e. The van der Waals surface area contributed by atoms with Gasteiger partial charge in [-0.3, -0.25) is 0 Å². The number of ether oxygens (including phenoxy) is 3. The molecule has 0 bridgehead atoms. The second kappa shape index (κ2) is 7.74. The number of methoxy groups -OCH3 is 2. The van der Waals surface area contributed by atoms with Gasteiger partial charge in [0.1, 0.15) is 23.9 Å². The maximum atomic E-state index is 5.95. The van der Waals surface area contributed by atoms with Crippen molar-refractivity contribution in [2.45, 2.75) is 33.3 Å². The fourth-order valence-electron chi connectivity index (χ4n) is 2.42. The Morgan fingerprint density at radius 2 is 1.64 bits per heavy atom. The first-order valence-corrected chi connectivity index (χ1v) is 7.61. The maximum Gasteiger partial charge on any atom is 0.126 e. The van der Waals surface area contributed by atoms with Crippen LogP contribution in [0.3, 0.4) is 0 Å². The van der Waals surface area contributed by atoms with Gasteiger partial charge < -0.3 is 14.2 Å². The zero-order chi connectivity index (χ0) is 15.9. The Hall–Kier alpha value is -2.16. The quantitative estimate of drug-likeness (QED) is 0.751. The molecule has 22 heavy (non-hydrogen) atoms. The van der Waals surface area contributed by atoms with Gasteiger partial charge in [0.15, 0.2) is 0 Å². The lowest BCUT2D eigenvalue weighted by molar-refractivity contribution is 0.301. The summed E-state index contributed by atoms with van der Waals surface area (Å²) < 4.78 is 16.6. The molecule has 3 heteroatoms. The van der Waals surface area contributed by atoms with Crippen molar-refractivity contribution in [2.24, 2.45) is 0 Å². The third-order valence-electron chi connectivity index (χ3n) is 3.65. The van der Waals surface area contributed by atoms with Crippen molar-refractivity contribution in [2.75, 3.05) is 14.2 Å². The lowest BCUT2D eigenvalue weighted by Gasteiger charge is -2.14. The Kier molecular flexibility index (Phi) is 5.70. The molecule has 0 fully saturated rings. The molecule has 0 amide bonds. The van der Waals surface area contributed by atoms with Crippen LogP contribution in [0.25, 0.3) is 0 Å². The molecule has 0 saturated heterocycles. The highest BCUT2D eigenvalue weighted by atomic mass is 16.5. The zero-order valence-corrected chi connectivity index (χ0v) is 13.8. The van der Waals surface area contributed by atoms with Crippen LogP contribution in [0.2, 0.25) is 0 Å². The van der Waals surface area contributed by atoms with Gasteiger partial charge in [0.25, 0.3) is 0 Å². The first-order chi connectivity index (χ1) is 10.7. The van der Waals surface area contributed by atoms with Gasteiger partial charge in [-0.2, -0.15) is 0 Å². The predicted molar refractivity (Wildman–Crippen MR) is 89.1 cm³/mol. The molecule has 0 heterocycles. The summed E-state index contributed by atoms with van der Waals surface area (Å²) in [6, 6.07) is 12.1. The van der Waals surface area contributed by atoms with E-state index < -0.39 is 0 Å². The molecule has 0 saturated carbocycles. The Morgan fingerprint density at radius 1 is 0.909 bits per heavy atom. The topological polar surface area (TPSA) is 27.7 Å². The maximum absolute atomic E-state index is 5.95. The number of rotatable bonds is 7. The molecule has 2 rings (SSSR count). The second-order valence-corrected chi connectivity index (χ2v) is 5.32. The Balaban J connectivity index is 2.11. The van der Waals surface area contributed by atoms with Crippen LogP contribution in [0.1, 0.15) is 30.0 Å². The molecule has 118 valence electrons. The summed E-state index contributed by atoms with van der Waals surface area (Å²) in [4.78, 5) is 0. The van der Waals surface area contributed by atoms with Gasteiger partial charge in [-0.25, -0.2) is 0 Å². The van der Waals surface area contributed by atoms with Gasteiger partial charge in [-0.05, 0) is 48.2 Å². The van der Waals surface area contributed by atoms with Crippen molar-refractivity contribution in [3.05, 3.63) is 53.1 Å². The molecule has 2 aromatic rings. The fourth-order valence-corrected chi connectivity index (χ4v) is 2.42. The highest BCUT2D eigenvalue weighted by molar-refractivity contribution is 5.46. The van der Waals surface area contributed by atoms with Crippen LogP contribution >= 0.6 is 0 Å². The summed E-state index contributed by atoms with van der Waals surface area (Å²) in [6.07, 6.45) is 2.12. The van der Waals surface area contributed by atoms with Gasteiger partial charge in [-0.15, -0.1) is 0 Å². The molecular weight excluding hydrogens is 276 g/mol. The smallest absolute Gasteiger partial charge is 0.126 e. The van der Waals surface area contributed by atoms with Crippen LogP contribution in [-0.4, -0.2) is 14.2 Å². The SMILES string of the molecule is CCCc1cc(C)c(OCc2ccc(OC)cc2)cc1OC. The molecule has 0 atom stereocenters. The molecule has 0 radical (unpaired) electrons. The first-order valence-electron chi connectivity index (χ1n) is 7.61. The summed E-state index contributed by atoms with van der Waals surface area (Å²) in [5.41, 5.74) is 3.48. The molecule has 0 aliphatic carbocycles. The average molecular weight is 300 g/mol. The van der Waals surface area contributed by atoms with E-state index in [2.05, 4.69) is 19.9 Å². The standard InChI is InChI=1S/C19H24O3/c1-5-6-16-11-14(2)18(12-19(16)21-4)22-13-15-7-9-17(20-3)10-8-15/h7-12H,5-6,13H2,1-4H3. The molecule has 3 nitrogen and oxygen atoms in total. The lowest BCUT2D eigenvalue weighted by Crippen LogP contribution is -2.00. The van der Waals surface area contributed by atoms with Crippen LogP contribution in [0.4, 0.5) is 0 Å². The van der Waals surface area contributed by atoms with Gasteiger partial charge >= 0.3 is 0 Å². The van der Waals surface area contributed by atoms with Crippen LogP contribution in [-0.2, 0) is 13.0 Å². The minimum absolute atomic E-state index is 0.529. The van der Waals surface area contributed by atoms with E-state index in [4.69, 9.17) is 14.2 Å². The summed E-state index contributed by atoms with van der Waals surface area (Å²) >= 11 is 0.